The van der Waals surface area contributed by atoms with Crippen LogP contribution in [-0.2, 0) is 16.0 Å². The molecule has 1 N–H and O–H groups in total. The maximum Gasteiger partial charge on any atom is 0.323 e. The van der Waals surface area contributed by atoms with Gasteiger partial charge in [0.25, 0.3) is 5.69 Å². The van der Waals surface area contributed by atoms with Crippen molar-refractivity contribution in [2.45, 2.75) is 20.3 Å². The van der Waals surface area contributed by atoms with Gasteiger partial charge in [-0.2, -0.15) is 0 Å². The van der Waals surface area contributed by atoms with Crippen LogP contribution in [0.1, 0.15) is 19.4 Å². The number of carbonyl (C=O) groups excluding carboxylic acids is 1. The first-order valence-electron chi connectivity index (χ1n) is 6.63. The highest BCUT2D eigenvalue weighted by atomic mass is 35.5. The number of hydrogen-bond acceptors (Lipinski definition) is 4. The Hall–Kier alpha value is -2.15. The summed E-state index contributed by atoms with van der Waals surface area (Å²) < 4.78 is 0. The molecule has 0 spiro atoms. The minimum Gasteiger partial charge on any atom is -0.480 e. The van der Waals surface area contributed by atoms with E-state index in [1.807, 2.05) is 13.8 Å². The average molecular weight is 329 g/mol. The van der Waals surface area contributed by atoms with Gasteiger partial charge in [-0.1, -0.05) is 31.5 Å². The Balaban J connectivity index is 2.88. The summed E-state index contributed by atoms with van der Waals surface area (Å²) >= 11 is 5.94. The molecule has 1 amide bonds. The number of amides is 1. The van der Waals surface area contributed by atoms with Crippen LogP contribution in [0.2, 0.25) is 5.02 Å². The van der Waals surface area contributed by atoms with Gasteiger partial charge in [-0.15, -0.1) is 0 Å². The lowest BCUT2D eigenvalue weighted by molar-refractivity contribution is -0.384. The predicted molar refractivity (Wildman–Crippen MR) is 80.9 cm³/mol. The largest absolute Gasteiger partial charge is 0.480 e. The molecular formula is C14H17ClN2O5. The summed E-state index contributed by atoms with van der Waals surface area (Å²) in [5.41, 5.74) is 0.266. The fourth-order valence-electron chi connectivity index (χ4n) is 1.93. The van der Waals surface area contributed by atoms with Crippen molar-refractivity contribution in [3.05, 3.63) is 38.9 Å². The van der Waals surface area contributed by atoms with Crippen molar-refractivity contribution >= 4 is 29.2 Å². The third-order valence-corrected chi connectivity index (χ3v) is 3.21. The Morgan fingerprint density at radius 2 is 2.05 bits per heavy atom. The summed E-state index contributed by atoms with van der Waals surface area (Å²) in [6.07, 6.45) is -0.100. The van der Waals surface area contributed by atoms with E-state index in [0.29, 0.717) is 12.1 Å². The SMILES string of the molecule is CC(C)CN(CC(=O)O)C(=O)Cc1ccc([N+](=O)[O-])cc1Cl. The van der Waals surface area contributed by atoms with E-state index in [-0.39, 0.29) is 35.5 Å². The van der Waals surface area contributed by atoms with Crippen molar-refractivity contribution in [2.24, 2.45) is 5.92 Å². The zero-order chi connectivity index (χ0) is 16.9. The fraction of sp³-hybridized carbons (Fsp3) is 0.429. The van der Waals surface area contributed by atoms with E-state index in [9.17, 15) is 19.7 Å². The maximum absolute atomic E-state index is 12.2. The molecule has 1 aromatic carbocycles. The van der Waals surface area contributed by atoms with Gasteiger partial charge in [-0.25, -0.2) is 0 Å². The minimum absolute atomic E-state index is 0.100. The molecule has 8 heteroatoms. The lowest BCUT2D eigenvalue weighted by atomic mass is 10.1. The van der Waals surface area contributed by atoms with E-state index in [4.69, 9.17) is 16.7 Å². The molecule has 22 heavy (non-hydrogen) atoms. The third kappa shape index (κ3) is 5.33. The lowest BCUT2D eigenvalue weighted by Crippen LogP contribution is -2.39. The molecule has 7 nitrogen and oxygen atoms in total. The summed E-state index contributed by atoms with van der Waals surface area (Å²) in [5, 5.41) is 19.6. The van der Waals surface area contributed by atoms with Crippen molar-refractivity contribution in [1.29, 1.82) is 0 Å². The summed E-state index contributed by atoms with van der Waals surface area (Å²) in [6.45, 7) is 3.68. The van der Waals surface area contributed by atoms with Crippen molar-refractivity contribution in [2.75, 3.05) is 13.1 Å². The molecule has 0 unspecified atom stereocenters. The fourth-order valence-corrected chi connectivity index (χ4v) is 2.17. The standard InChI is InChI=1S/C14H17ClN2O5/c1-9(2)7-16(8-14(19)20)13(18)5-10-3-4-11(17(21)22)6-12(10)15/h3-4,6,9H,5,7-8H2,1-2H3,(H,19,20). The van der Waals surface area contributed by atoms with Crippen molar-refractivity contribution in [3.8, 4) is 0 Å². The Morgan fingerprint density at radius 1 is 1.41 bits per heavy atom. The number of rotatable bonds is 7. The summed E-state index contributed by atoms with van der Waals surface area (Å²) in [4.78, 5) is 34.4. The number of carboxylic acid groups (broad SMARTS) is 1. The average Bonchev–Trinajstić information content (AvgIpc) is 2.38. The highest BCUT2D eigenvalue weighted by molar-refractivity contribution is 6.31. The van der Waals surface area contributed by atoms with Gasteiger partial charge in [0.15, 0.2) is 0 Å². The van der Waals surface area contributed by atoms with Gasteiger partial charge in [0.1, 0.15) is 6.54 Å². The van der Waals surface area contributed by atoms with E-state index in [0.717, 1.165) is 0 Å². The second-order valence-electron chi connectivity index (χ2n) is 5.27. The first kappa shape index (κ1) is 17.9. The van der Waals surface area contributed by atoms with E-state index < -0.39 is 10.9 Å². The summed E-state index contributed by atoms with van der Waals surface area (Å²) in [6, 6.07) is 3.85. The van der Waals surface area contributed by atoms with Crippen LogP contribution in [0.25, 0.3) is 0 Å². The Morgan fingerprint density at radius 3 is 2.50 bits per heavy atom. The summed E-state index contributed by atoms with van der Waals surface area (Å²) in [7, 11) is 0. The molecule has 1 aromatic rings. The second-order valence-corrected chi connectivity index (χ2v) is 5.68. The molecule has 0 bridgehead atoms. The third-order valence-electron chi connectivity index (χ3n) is 2.85. The molecular weight excluding hydrogens is 312 g/mol. The van der Waals surface area contributed by atoms with Gasteiger partial charge in [-0.05, 0) is 11.5 Å². The van der Waals surface area contributed by atoms with Crippen LogP contribution in [0.5, 0.6) is 0 Å². The van der Waals surface area contributed by atoms with Gasteiger partial charge < -0.3 is 10.0 Å². The lowest BCUT2D eigenvalue weighted by Gasteiger charge is -2.23. The highest BCUT2D eigenvalue weighted by Crippen LogP contribution is 2.23. The highest BCUT2D eigenvalue weighted by Gasteiger charge is 2.20. The van der Waals surface area contributed by atoms with Crippen LogP contribution in [0.4, 0.5) is 5.69 Å². The Kier molecular flexibility index (Phi) is 6.30. The Bertz CT molecular complexity index is 589. The van der Waals surface area contributed by atoms with E-state index >= 15 is 0 Å². The smallest absolute Gasteiger partial charge is 0.323 e. The van der Waals surface area contributed by atoms with Crippen molar-refractivity contribution in [1.82, 2.24) is 4.90 Å². The van der Waals surface area contributed by atoms with Crippen LogP contribution in [0, 0.1) is 16.0 Å². The predicted octanol–water partition coefficient (Wildman–Crippen LogP) is 2.36. The number of hydrogen-bond donors (Lipinski definition) is 1. The van der Waals surface area contributed by atoms with Crippen LogP contribution in [0.3, 0.4) is 0 Å². The monoisotopic (exact) mass is 328 g/mol. The number of non-ortho nitro benzene ring substituents is 1. The molecule has 0 radical (unpaired) electrons. The molecule has 0 saturated heterocycles. The molecule has 0 heterocycles. The minimum atomic E-state index is -1.09. The Labute approximate surface area is 132 Å². The molecule has 1 rings (SSSR count). The van der Waals surface area contributed by atoms with Crippen molar-refractivity contribution in [3.63, 3.8) is 0 Å². The van der Waals surface area contributed by atoms with Gasteiger partial charge in [0.2, 0.25) is 5.91 Å². The number of nitro groups is 1. The molecule has 0 atom stereocenters. The first-order chi connectivity index (χ1) is 10.2. The summed E-state index contributed by atoms with van der Waals surface area (Å²) in [5.74, 6) is -1.36. The number of aliphatic carboxylic acids is 1. The number of halogens is 1. The van der Waals surface area contributed by atoms with E-state index in [1.54, 1.807) is 0 Å². The zero-order valence-corrected chi connectivity index (χ0v) is 13.0. The molecule has 0 aromatic heterocycles. The van der Waals surface area contributed by atoms with Crippen LogP contribution in [0.15, 0.2) is 18.2 Å². The molecule has 0 aliphatic heterocycles. The zero-order valence-electron chi connectivity index (χ0n) is 12.3. The molecule has 0 aliphatic rings. The molecule has 0 saturated carbocycles. The van der Waals surface area contributed by atoms with E-state index in [1.165, 1.54) is 23.1 Å². The number of carboxylic acids is 1. The normalized spacial score (nSPS) is 10.5. The second kappa shape index (κ2) is 7.74. The van der Waals surface area contributed by atoms with Gasteiger partial charge in [0.05, 0.1) is 16.4 Å². The van der Waals surface area contributed by atoms with Gasteiger partial charge in [0, 0.05) is 18.7 Å². The first-order valence-corrected chi connectivity index (χ1v) is 7.01. The quantitative estimate of drug-likeness (QED) is 0.611. The van der Waals surface area contributed by atoms with E-state index in [2.05, 4.69) is 0 Å². The number of nitrogens with zero attached hydrogens (tertiary/aromatic N) is 2. The van der Waals surface area contributed by atoms with Crippen LogP contribution < -0.4 is 0 Å². The van der Waals surface area contributed by atoms with Crippen LogP contribution >= 0.6 is 11.6 Å². The van der Waals surface area contributed by atoms with Gasteiger partial charge in [-0.3, -0.25) is 19.7 Å². The molecule has 120 valence electrons. The number of nitro benzene ring substituents is 1. The van der Waals surface area contributed by atoms with Gasteiger partial charge >= 0.3 is 5.97 Å². The number of carbonyl (C=O) groups is 2. The topological polar surface area (TPSA) is 101 Å². The molecule has 0 aliphatic carbocycles. The van der Waals surface area contributed by atoms with Crippen molar-refractivity contribution < 1.29 is 19.6 Å². The maximum atomic E-state index is 12.2. The number of benzene rings is 1. The molecule has 0 fully saturated rings. The van der Waals surface area contributed by atoms with Crippen LogP contribution in [-0.4, -0.2) is 39.9 Å².